The molecule has 3 heteroatoms. The van der Waals surface area contributed by atoms with Crippen LogP contribution in [0.2, 0.25) is 0 Å². The molecule has 1 saturated heterocycles. The van der Waals surface area contributed by atoms with Gasteiger partial charge in [-0.2, -0.15) is 0 Å². The zero-order valence-electron chi connectivity index (χ0n) is 13.4. The van der Waals surface area contributed by atoms with Crippen LogP contribution in [0.5, 0.6) is 0 Å². The maximum atomic E-state index is 4.85. The fourth-order valence-corrected chi connectivity index (χ4v) is 2.82. The number of aromatic nitrogens is 1. The number of nitrogens with one attached hydrogen (secondary N) is 1. The van der Waals surface area contributed by atoms with E-state index in [1.54, 1.807) is 0 Å². The van der Waals surface area contributed by atoms with Crippen LogP contribution in [0.3, 0.4) is 0 Å². The second-order valence-electron chi connectivity index (χ2n) is 6.25. The van der Waals surface area contributed by atoms with Crippen LogP contribution in [0.1, 0.15) is 58.2 Å². The van der Waals surface area contributed by atoms with Crippen LogP contribution in [-0.2, 0) is 13.0 Å². The highest BCUT2D eigenvalue weighted by Gasteiger charge is 2.20. The Kier molecular flexibility index (Phi) is 5.41. The van der Waals surface area contributed by atoms with Crippen LogP contribution in [0.4, 0.5) is 5.82 Å². The number of rotatable bonds is 5. The third-order valence-electron chi connectivity index (χ3n) is 4.10. The normalized spacial score (nSPS) is 19.6. The van der Waals surface area contributed by atoms with Crippen molar-refractivity contribution < 1.29 is 0 Å². The molecule has 1 unspecified atom stereocenters. The first-order chi connectivity index (χ1) is 9.60. The van der Waals surface area contributed by atoms with Gasteiger partial charge in [0.1, 0.15) is 5.82 Å². The van der Waals surface area contributed by atoms with Gasteiger partial charge in [0.05, 0.1) is 0 Å². The predicted octanol–water partition coefficient (Wildman–Crippen LogP) is 3.52. The van der Waals surface area contributed by atoms with Crippen molar-refractivity contribution in [2.75, 3.05) is 11.4 Å². The van der Waals surface area contributed by atoms with Crippen molar-refractivity contribution in [3.8, 4) is 0 Å². The summed E-state index contributed by atoms with van der Waals surface area (Å²) >= 11 is 0. The Morgan fingerprint density at radius 2 is 2.15 bits per heavy atom. The summed E-state index contributed by atoms with van der Waals surface area (Å²) in [7, 11) is 0. The van der Waals surface area contributed by atoms with Crippen molar-refractivity contribution in [2.45, 2.75) is 72.0 Å². The molecule has 1 aromatic heterocycles. The molecule has 3 nitrogen and oxygen atoms in total. The van der Waals surface area contributed by atoms with Crippen LogP contribution < -0.4 is 10.2 Å². The molecule has 2 heterocycles. The van der Waals surface area contributed by atoms with Gasteiger partial charge in [-0.05, 0) is 50.3 Å². The number of aryl methyl sites for hydroxylation is 1. The summed E-state index contributed by atoms with van der Waals surface area (Å²) in [5, 5.41) is 3.51. The molecule has 1 N–H and O–H groups in total. The van der Waals surface area contributed by atoms with E-state index in [9.17, 15) is 0 Å². The van der Waals surface area contributed by atoms with E-state index >= 15 is 0 Å². The average molecular weight is 275 g/mol. The summed E-state index contributed by atoms with van der Waals surface area (Å²) in [6.07, 6.45) is 4.94. The molecule has 1 aromatic rings. The third kappa shape index (κ3) is 3.95. The third-order valence-corrected chi connectivity index (χ3v) is 4.10. The maximum Gasteiger partial charge on any atom is 0.129 e. The van der Waals surface area contributed by atoms with Crippen LogP contribution in [0, 0.1) is 0 Å². The Balaban J connectivity index is 2.20. The van der Waals surface area contributed by atoms with E-state index in [-0.39, 0.29) is 0 Å². The highest BCUT2D eigenvalue weighted by atomic mass is 15.2. The average Bonchev–Trinajstić information content (AvgIpc) is 2.45. The largest absolute Gasteiger partial charge is 0.354 e. The van der Waals surface area contributed by atoms with Gasteiger partial charge in [0.2, 0.25) is 0 Å². The van der Waals surface area contributed by atoms with Crippen molar-refractivity contribution in [1.29, 1.82) is 0 Å². The minimum absolute atomic E-state index is 0.519. The molecule has 1 fully saturated rings. The van der Waals surface area contributed by atoms with Gasteiger partial charge < -0.3 is 10.2 Å². The molecule has 0 aromatic carbocycles. The SMILES string of the molecule is CCc1cc(CNC(C)C)cc(N2CCCCC2C)n1. The molecule has 1 atom stereocenters. The van der Waals surface area contributed by atoms with E-state index in [1.165, 1.54) is 36.3 Å². The van der Waals surface area contributed by atoms with E-state index in [0.29, 0.717) is 12.1 Å². The van der Waals surface area contributed by atoms with E-state index in [2.05, 4.69) is 50.0 Å². The number of anilines is 1. The number of piperidine rings is 1. The van der Waals surface area contributed by atoms with E-state index < -0.39 is 0 Å². The highest BCUT2D eigenvalue weighted by molar-refractivity contribution is 5.44. The zero-order chi connectivity index (χ0) is 14.5. The fourth-order valence-electron chi connectivity index (χ4n) is 2.82. The molecule has 0 bridgehead atoms. The lowest BCUT2D eigenvalue weighted by Crippen LogP contribution is -2.38. The van der Waals surface area contributed by atoms with Gasteiger partial charge >= 0.3 is 0 Å². The van der Waals surface area contributed by atoms with Gasteiger partial charge in [0, 0.05) is 30.9 Å². The summed E-state index contributed by atoms with van der Waals surface area (Å²) in [6.45, 7) is 11.0. The fraction of sp³-hybridized carbons (Fsp3) is 0.706. The minimum Gasteiger partial charge on any atom is -0.354 e. The van der Waals surface area contributed by atoms with Crippen molar-refractivity contribution in [2.24, 2.45) is 0 Å². The van der Waals surface area contributed by atoms with Crippen LogP contribution >= 0.6 is 0 Å². The Bertz CT molecular complexity index is 428. The van der Waals surface area contributed by atoms with Crippen molar-refractivity contribution >= 4 is 5.82 Å². The Morgan fingerprint density at radius 1 is 1.35 bits per heavy atom. The first-order valence-corrected chi connectivity index (χ1v) is 8.10. The van der Waals surface area contributed by atoms with Crippen molar-refractivity contribution in [3.63, 3.8) is 0 Å². The van der Waals surface area contributed by atoms with E-state index in [0.717, 1.165) is 19.5 Å². The standard InChI is InChI=1S/C17H29N3/c1-5-16-10-15(12-18-13(2)3)11-17(19-16)20-9-7-6-8-14(20)4/h10-11,13-14,18H,5-9,12H2,1-4H3. The molecule has 0 amide bonds. The Hall–Kier alpha value is -1.09. The first-order valence-electron chi connectivity index (χ1n) is 8.10. The van der Waals surface area contributed by atoms with Gasteiger partial charge in [-0.25, -0.2) is 4.98 Å². The second kappa shape index (κ2) is 7.07. The minimum atomic E-state index is 0.519. The van der Waals surface area contributed by atoms with Crippen LogP contribution in [0.25, 0.3) is 0 Å². The molecule has 112 valence electrons. The molecule has 1 aliphatic rings. The van der Waals surface area contributed by atoms with Gasteiger partial charge in [0.15, 0.2) is 0 Å². The molecule has 20 heavy (non-hydrogen) atoms. The summed E-state index contributed by atoms with van der Waals surface area (Å²) < 4.78 is 0. The monoisotopic (exact) mass is 275 g/mol. The molecular weight excluding hydrogens is 246 g/mol. The maximum absolute atomic E-state index is 4.85. The molecule has 0 saturated carbocycles. The van der Waals surface area contributed by atoms with Gasteiger partial charge in [0.25, 0.3) is 0 Å². The van der Waals surface area contributed by atoms with Crippen LogP contribution in [-0.4, -0.2) is 23.6 Å². The Labute approximate surface area is 123 Å². The molecule has 2 rings (SSSR count). The van der Waals surface area contributed by atoms with Gasteiger partial charge in [-0.3, -0.25) is 0 Å². The summed E-state index contributed by atoms with van der Waals surface area (Å²) in [5.74, 6) is 1.18. The highest BCUT2D eigenvalue weighted by Crippen LogP contribution is 2.24. The number of hydrogen-bond donors (Lipinski definition) is 1. The topological polar surface area (TPSA) is 28.2 Å². The predicted molar refractivity (Wildman–Crippen MR) is 86.2 cm³/mol. The van der Waals surface area contributed by atoms with Gasteiger partial charge in [-0.15, -0.1) is 0 Å². The van der Waals surface area contributed by atoms with Crippen LogP contribution in [0.15, 0.2) is 12.1 Å². The number of pyridine rings is 1. The summed E-state index contributed by atoms with van der Waals surface area (Å²) in [5.41, 5.74) is 2.57. The first kappa shape index (κ1) is 15.3. The summed E-state index contributed by atoms with van der Waals surface area (Å²) in [6, 6.07) is 5.66. The molecule has 0 aliphatic carbocycles. The quantitative estimate of drug-likeness (QED) is 0.891. The molecular formula is C17H29N3. The van der Waals surface area contributed by atoms with Crippen molar-refractivity contribution in [3.05, 3.63) is 23.4 Å². The second-order valence-corrected chi connectivity index (χ2v) is 6.25. The number of nitrogens with zero attached hydrogens (tertiary/aromatic N) is 2. The van der Waals surface area contributed by atoms with E-state index in [4.69, 9.17) is 4.98 Å². The van der Waals surface area contributed by atoms with Gasteiger partial charge in [-0.1, -0.05) is 20.8 Å². The van der Waals surface area contributed by atoms with E-state index in [1.807, 2.05) is 0 Å². The molecule has 0 radical (unpaired) electrons. The molecule has 0 spiro atoms. The summed E-state index contributed by atoms with van der Waals surface area (Å²) in [4.78, 5) is 7.34. The lowest BCUT2D eigenvalue weighted by Gasteiger charge is -2.35. The number of hydrogen-bond acceptors (Lipinski definition) is 3. The zero-order valence-corrected chi connectivity index (χ0v) is 13.4. The van der Waals surface area contributed by atoms with Crippen molar-refractivity contribution in [1.82, 2.24) is 10.3 Å². The lowest BCUT2D eigenvalue weighted by atomic mass is 10.0. The molecule has 1 aliphatic heterocycles. The smallest absolute Gasteiger partial charge is 0.129 e. The Morgan fingerprint density at radius 3 is 2.80 bits per heavy atom. The lowest BCUT2D eigenvalue weighted by molar-refractivity contribution is 0.480.